The highest BCUT2D eigenvalue weighted by Crippen LogP contribution is 2.29. The lowest BCUT2D eigenvalue weighted by molar-refractivity contribution is 0.0721. The van der Waals surface area contributed by atoms with Gasteiger partial charge >= 0.3 is 0 Å². The molecule has 0 aromatic carbocycles. The zero-order valence-electron chi connectivity index (χ0n) is 11.2. The highest BCUT2D eigenvalue weighted by atomic mass is 16.3. The standard InChI is InChI=1S/C15H26O/c1-12-7-9-14(10-8-12)13(2)6-5-11-15(3,4)16/h6-7,14,16H,5,8-11H2,1-4H3/b13-6-. The second-order valence-corrected chi connectivity index (χ2v) is 5.82. The summed E-state index contributed by atoms with van der Waals surface area (Å²) in [5.41, 5.74) is 2.52. The van der Waals surface area contributed by atoms with Gasteiger partial charge in [0.1, 0.15) is 0 Å². The minimum atomic E-state index is -0.528. The molecule has 0 aromatic rings. The third-order valence-corrected chi connectivity index (χ3v) is 3.50. The summed E-state index contributed by atoms with van der Waals surface area (Å²) in [5.74, 6) is 0.741. The average Bonchev–Trinajstić information content (AvgIpc) is 2.16. The topological polar surface area (TPSA) is 20.2 Å². The summed E-state index contributed by atoms with van der Waals surface area (Å²) in [6, 6.07) is 0. The smallest absolute Gasteiger partial charge is 0.0594 e. The molecular weight excluding hydrogens is 196 g/mol. The van der Waals surface area contributed by atoms with E-state index in [0.29, 0.717) is 0 Å². The molecule has 1 atom stereocenters. The highest BCUT2D eigenvalue weighted by Gasteiger charge is 2.15. The van der Waals surface area contributed by atoms with Crippen LogP contribution in [0.1, 0.15) is 59.8 Å². The molecule has 0 spiro atoms. The van der Waals surface area contributed by atoms with Crippen LogP contribution in [0.3, 0.4) is 0 Å². The van der Waals surface area contributed by atoms with Gasteiger partial charge < -0.3 is 5.11 Å². The quantitative estimate of drug-likeness (QED) is 0.706. The molecule has 0 fully saturated rings. The van der Waals surface area contributed by atoms with Gasteiger partial charge in [-0.3, -0.25) is 0 Å². The van der Waals surface area contributed by atoms with Crippen molar-refractivity contribution in [3.8, 4) is 0 Å². The monoisotopic (exact) mass is 222 g/mol. The predicted octanol–water partition coefficient (Wildman–Crippen LogP) is 4.23. The number of allylic oxidation sites excluding steroid dienone is 4. The Labute approximate surface area is 100 Å². The number of hydrogen-bond acceptors (Lipinski definition) is 1. The molecule has 92 valence electrons. The third kappa shape index (κ3) is 4.98. The summed E-state index contributed by atoms with van der Waals surface area (Å²) in [4.78, 5) is 0. The Morgan fingerprint density at radius 2 is 2.25 bits per heavy atom. The van der Waals surface area contributed by atoms with E-state index in [1.807, 2.05) is 13.8 Å². The van der Waals surface area contributed by atoms with Crippen LogP contribution in [0.15, 0.2) is 23.3 Å². The first kappa shape index (κ1) is 13.5. The fraction of sp³-hybridized carbons (Fsp3) is 0.733. The van der Waals surface area contributed by atoms with Gasteiger partial charge in [-0.1, -0.05) is 23.3 Å². The Morgan fingerprint density at radius 1 is 1.56 bits per heavy atom. The van der Waals surface area contributed by atoms with Crippen molar-refractivity contribution in [3.05, 3.63) is 23.3 Å². The lowest BCUT2D eigenvalue weighted by Gasteiger charge is -2.22. The van der Waals surface area contributed by atoms with Crippen LogP contribution in [0.2, 0.25) is 0 Å². The Bertz CT molecular complexity index is 278. The summed E-state index contributed by atoms with van der Waals surface area (Å²) in [6.07, 6.45) is 10.3. The molecule has 1 aliphatic rings. The maximum atomic E-state index is 9.64. The highest BCUT2D eigenvalue weighted by molar-refractivity contribution is 5.12. The zero-order valence-corrected chi connectivity index (χ0v) is 11.2. The van der Waals surface area contributed by atoms with Crippen LogP contribution in [0.5, 0.6) is 0 Å². The van der Waals surface area contributed by atoms with E-state index in [9.17, 15) is 5.11 Å². The summed E-state index contributed by atoms with van der Waals surface area (Å²) in [5, 5.41) is 9.64. The van der Waals surface area contributed by atoms with Crippen LogP contribution >= 0.6 is 0 Å². The molecule has 1 unspecified atom stereocenters. The van der Waals surface area contributed by atoms with Crippen molar-refractivity contribution < 1.29 is 5.11 Å². The van der Waals surface area contributed by atoms with Gasteiger partial charge in [-0.15, -0.1) is 0 Å². The first-order chi connectivity index (χ1) is 7.38. The van der Waals surface area contributed by atoms with E-state index in [2.05, 4.69) is 26.0 Å². The lowest BCUT2D eigenvalue weighted by atomic mass is 9.85. The molecule has 1 heteroatoms. The molecule has 16 heavy (non-hydrogen) atoms. The van der Waals surface area contributed by atoms with E-state index in [4.69, 9.17) is 0 Å². The molecule has 0 radical (unpaired) electrons. The van der Waals surface area contributed by atoms with Gasteiger partial charge in [-0.25, -0.2) is 0 Å². The van der Waals surface area contributed by atoms with Crippen molar-refractivity contribution >= 4 is 0 Å². The molecule has 0 saturated carbocycles. The predicted molar refractivity (Wildman–Crippen MR) is 70.4 cm³/mol. The molecule has 1 nitrogen and oxygen atoms in total. The molecule has 0 heterocycles. The van der Waals surface area contributed by atoms with Gasteiger partial charge in [0.15, 0.2) is 0 Å². The maximum Gasteiger partial charge on any atom is 0.0594 e. The van der Waals surface area contributed by atoms with Crippen LogP contribution in [0.4, 0.5) is 0 Å². The van der Waals surface area contributed by atoms with Gasteiger partial charge in [-0.05, 0) is 65.7 Å². The summed E-state index contributed by atoms with van der Waals surface area (Å²) >= 11 is 0. The van der Waals surface area contributed by atoms with Crippen molar-refractivity contribution in [1.29, 1.82) is 0 Å². The van der Waals surface area contributed by atoms with E-state index in [-0.39, 0.29) is 0 Å². The summed E-state index contributed by atoms with van der Waals surface area (Å²) in [6.45, 7) is 8.22. The molecular formula is C15H26O. The fourth-order valence-electron chi connectivity index (χ4n) is 2.20. The largest absolute Gasteiger partial charge is 0.390 e. The molecule has 0 aromatic heterocycles. The van der Waals surface area contributed by atoms with Gasteiger partial charge in [-0.2, -0.15) is 0 Å². The molecule has 0 aliphatic heterocycles. The second kappa shape index (κ2) is 5.67. The number of rotatable bonds is 4. The Balaban J connectivity index is 2.39. The molecule has 1 aliphatic carbocycles. The van der Waals surface area contributed by atoms with E-state index >= 15 is 0 Å². The fourth-order valence-corrected chi connectivity index (χ4v) is 2.20. The SMILES string of the molecule is CC1=CCC(/C(C)=C\CCC(C)(C)O)CC1. The number of hydrogen-bond donors (Lipinski definition) is 1. The summed E-state index contributed by atoms with van der Waals surface area (Å²) in [7, 11) is 0. The van der Waals surface area contributed by atoms with Gasteiger partial charge in [0, 0.05) is 0 Å². The first-order valence-electron chi connectivity index (χ1n) is 6.43. The maximum absolute atomic E-state index is 9.64. The lowest BCUT2D eigenvalue weighted by Crippen LogP contribution is -2.17. The van der Waals surface area contributed by atoms with Gasteiger partial charge in [0.05, 0.1) is 5.60 Å². The van der Waals surface area contributed by atoms with Crippen LogP contribution < -0.4 is 0 Å². The van der Waals surface area contributed by atoms with Crippen LogP contribution in [0, 0.1) is 5.92 Å². The zero-order chi connectivity index (χ0) is 12.2. The number of aliphatic hydroxyl groups is 1. The average molecular weight is 222 g/mol. The minimum Gasteiger partial charge on any atom is -0.390 e. The normalized spacial score (nSPS) is 23.2. The Kier molecular flexibility index (Phi) is 4.79. The van der Waals surface area contributed by atoms with Crippen LogP contribution in [0.25, 0.3) is 0 Å². The molecule has 1 rings (SSSR count). The van der Waals surface area contributed by atoms with Gasteiger partial charge in [0.2, 0.25) is 0 Å². The van der Waals surface area contributed by atoms with Crippen molar-refractivity contribution in [1.82, 2.24) is 0 Å². The molecule has 1 N–H and O–H groups in total. The van der Waals surface area contributed by atoms with Crippen LogP contribution in [-0.2, 0) is 0 Å². The van der Waals surface area contributed by atoms with E-state index in [1.54, 1.807) is 5.57 Å². The van der Waals surface area contributed by atoms with Crippen LogP contribution in [-0.4, -0.2) is 10.7 Å². The Hall–Kier alpha value is -0.560. The summed E-state index contributed by atoms with van der Waals surface area (Å²) < 4.78 is 0. The third-order valence-electron chi connectivity index (χ3n) is 3.50. The van der Waals surface area contributed by atoms with Gasteiger partial charge in [0.25, 0.3) is 0 Å². The Morgan fingerprint density at radius 3 is 2.75 bits per heavy atom. The molecule has 0 amide bonds. The van der Waals surface area contributed by atoms with E-state index < -0.39 is 5.60 Å². The van der Waals surface area contributed by atoms with Crippen molar-refractivity contribution in [3.63, 3.8) is 0 Å². The van der Waals surface area contributed by atoms with Crippen molar-refractivity contribution in [2.45, 2.75) is 65.4 Å². The van der Waals surface area contributed by atoms with E-state index in [0.717, 1.165) is 18.8 Å². The van der Waals surface area contributed by atoms with Crippen molar-refractivity contribution in [2.75, 3.05) is 0 Å². The molecule has 0 bridgehead atoms. The minimum absolute atomic E-state index is 0.528. The molecule has 0 saturated heterocycles. The van der Waals surface area contributed by atoms with E-state index in [1.165, 1.54) is 24.8 Å². The van der Waals surface area contributed by atoms with Crippen molar-refractivity contribution in [2.24, 2.45) is 5.92 Å². The second-order valence-electron chi connectivity index (χ2n) is 5.82. The first-order valence-corrected chi connectivity index (χ1v) is 6.43.